The third kappa shape index (κ3) is 4.04. The van der Waals surface area contributed by atoms with Crippen molar-refractivity contribution in [3.63, 3.8) is 0 Å². The number of hydrogen-bond donors (Lipinski definition) is 1. The maximum absolute atomic E-state index is 12.6. The molecule has 0 radical (unpaired) electrons. The highest BCUT2D eigenvalue weighted by molar-refractivity contribution is 7.88. The van der Waals surface area contributed by atoms with E-state index in [9.17, 15) is 18.0 Å². The average Bonchev–Trinajstić information content (AvgIpc) is 3.54. The van der Waals surface area contributed by atoms with Gasteiger partial charge in [-0.05, 0) is 32.1 Å². The minimum atomic E-state index is -4.36. The second-order valence-electron chi connectivity index (χ2n) is 6.75. The molecule has 4 rings (SSSR count). The summed E-state index contributed by atoms with van der Waals surface area (Å²) in [4.78, 5) is 25.2. The Morgan fingerprint density at radius 2 is 2.14 bits per heavy atom. The van der Waals surface area contributed by atoms with Crippen molar-refractivity contribution in [2.75, 3.05) is 0 Å². The van der Waals surface area contributed by atoms with Crippen LogP contribution >= 0.6 is 11.3 Å². The topological polar surface area (TPSA) is 130 Å². The fourth-order valence-electron chi connectivity index (χ4n) is 2.61. The largest absolute Gasteiger partial charge is 0.460 e. The molecule has 2 saturated carbocycles. The molecule has 0 bridgehead atoms. The van der Waals surface area contributed by atoms with Crippen LogP contribution in [0.2, 0.25) is 0 Å². The Hall–Kier alpha value is -2.41. The zero-order chi connectivity index (χ0) is 19.9. The van der Waals surface area contributed by atoms with Gasteiger partial charge in [0.1, 0.15) is 6.10 Å². The van der Waals surface area contributed by atoms with Crippen molar-refractivity contribution in [3.8, 4) is 6.01 Å². The number of carbonyl (C=O) groups excluding carboxylic acids is 1. The third-order valence-corrected chi connectivity index (χ3v) is 5.97. The van der Waals surface area contributed by atoms with Gasteiger partial charge in [0.05, 0.1) is 0 Å². The van der Waals surface area contributed by atoms with Crippen LogP contribution in [0.15, 0.2) is 20.8 Å². The van der Waals surface area contributed by atoms with Gasteiger partial charge < -0.3 is 9.30 Å². The number of carbonyl (C=O) groups is 1. The number of ether oxygens (including phenoxy) is 1. The molecule has 0 aromatic carbocycles. The predicted octanol–water partition coefficient (Wildman–Crippen LogP) is 0.597. The summed E-state index contributed by atoms with van der Waals surface area (Å²) in [6.07, 6.45) is 5.81. The molecule has 0 spiro atoms. The first kappa shape index (κ1) is 18.9. The predicted molar refractivity (Wildman–Crippen MR) is 99.4 cm³/mol. The van der Waals surface area contributed by atoms with E-state index in [-0.39, 0.29) is 23.0 Å². The van der Waals surface area contributed by atoms with Crippen molar-refractivity contribution >= 4 is 27.6 Å². The first-order valence-electron chi connectivity index (χ1n) is 9.03. The van der Waals surface area contributed by atoms with E-state index in [1.54, 1.807) is 20.9 Å². The molecular weight excluding hydrogens is 408 g/mol. The lowest BCUT2D eigenvalue weighted by Crippen LogP contribution is -2.40. The summed E-state index contributed by atoms with van der Waals surface area (Å²) < 4.78 is 39.1. The molecular formula is C15H20N6O5S2. The van der Waals surface area contributed by atoms with Crippen LogP contribution in [0.3, 0.4) is 0 Å². The van der Waals surface area contributed by atoms with E-state index in [4.69, 9.17) is 4.74 Å². The third-order valence-electron chi connectivity index (χ3n) is 4.22. The molecule has 2 fully saturated rings. The summed E-state index contributed by atoms with van der Waals surface area (Å²) in [5, 5.41) is 5.61. The Labute approximate surface area is 164 Å². The molecule has 2 aromatic rings. The van der Waals surface area contributed by atoms with Gasteiger partial charge in [0.15, 0.2) is 0 Å². The number of amides is 1. The zero-order valence-corrected chi connectivity index (χ0v) is 16.8. The van der Waals surface area contributed by atoms with E-state index in [1.165, 1.54) is 4.57 Å². The van der Waals surface area contributed by atoms with Crippen LogP contribution in [0.1, 0.15) is 45.1 Å². The summed E-state index contributed by atoms with van der Waals surface area (Å²) in [7, 11) is -4.36. The molecule has 0 atom stereocenters. The second-order valence-corrected chi connectivity index (χ2v) is 8.96. The standard InChI is InChI=1S/C15H20N6O5S2/c1-2-7-19-8-9-27-14(19)18-28(24,25)17-12(22)21-15(23)20(10-3-4-10)13(16-21)26-11-5-6-11/h8-11H,2-7H2,1H3,(H,17,22). The monoisotopic (exact) mass is 428 g/mol. The van der Waals surface area contributed by atoms with E-state index in [1.807, 2.05) is 6.92 Å². The van der Waals surface area contributed by atoms with Gasteiger partial charge in [-0.3, -0.25) is 0 Å². The SMILES string of the molecule is CCCn1ccsc1=NS(=O)(=O)NC(=O)n1nc(OC2CC2)n(C2CC2)c1=O. The van der Waals surface area contributed by atoms with Crippen LogP contribution in [0.25, 0.3) is 0 Å². The van der Waals surface area contributed by atoms with Gasteiger partial charge in [-0.2, -0.15) is 8.42 Å². The molecule has 13 heteroatoms. The average molecular weight is 428 g/mol. The van der Waals surface area contributed by atoms with Crippen LogP contribution in [0.5, 0.6) is 6.01 Å². The van der Waals surface area contributed by atoms with Crippen molar-refractivity contribution in [1.29, 1.82) is 0 Å². The molecule has 0 saturated heterocycles. The maximum atomic E-state index is 12.6. The molecule has 0 unspecified atom stereocenters. The number of aromatic nitrogens is 4. The molecule has 1 amide bonds. The number of aryl methyl sites for hydroxylation is 1. The van der Waals surface area contributed by atoms with Crippen LogP contribution in [-0.2, 0) is 16.8 Å². The van der Waals surface area contributed by atoms with Gasteiger partial charge in [0, 0.05) is 24.2 Å². The Balaban J connectivity index is 1.59. The van der Waals surface area contributed by atoms with E-state index in [0.29, 0.717) is 11.2 Å². The summed E-state index contributed by atoms with van der Waals surface area (Å²) >= 11 is 1.13. The van der Waals surface area contributed by atoms with Gasteiger partial charge in [-0.25, -0.2) is 18.9 Å². The van der Waals surface area contributed by atoms with E-state index in [2.05, 4.69) is 9.50 Å². The molecule has 152 valence electrons. The fourth-order valence-corrected chi connectivity index (χ4v) is 4.36. The van der Waals surface area contributed by atoms with Gasteiger partial charge in [-0.15, -0.1) is 25.5 Å². The van der Waals surface area contributed by atoms with Gasteiger partial charge >= 0.3 is 27.9 Å². The zero-order valence-electron chi connectivity index (χ0n) is 15.1. The minimum Gasteiger partial charge on any atom is -0.460 e. The van der Waals surface area contributed by atoms with Crippen molar-refractivity contribution in [2.24, 2.45) is 4.40 Å². The van der Waals surface area contributed by atoms with Gasteiger partial charge in [-0.1, -0.05) is 6.92 Å². The minimum absolute atomic E-state index is 0.0117. The number of rotatable bonds is 7. The van der Waals surface area contributed by atoms with Crippen molar-refractivity contribution in [2.45, 2.75) is 57.7 Å². The Kier molecular flexibility index (Phi) is 4.87. The van der Waals surface area contributed by atoms with E-state index in [0.717, 1.165) is 43.4 Å². The number of nitrogens with one attached hydrogen (secondary N) is 1. The lowest BCUT2D eigenvalue weighted by molar-refractivity contribution is 0.241. The molecule has 1 N–H and O–H groups in total. The number of nitrogens with zero attached hydrogens (tertiary/aromatic N) is 5. The lowest BCUT2D eigenvalue weighted by Gasteiger charge is -2.03. The fraction of sp³-hybridized carbons (Fsp3) is 0.600. The highest BCUT2D eigenvalue weighted by Gasteiger charge is 2.35. The van der Waals surface area contributed by atoms with Crippen LogP contribution in [-0.4, -0.2) is 39.5 Å². The molecule has 2 aliphatic rings. The highest BCUT2D eigenvalue weighted by Crippen LogP contribution is 2.37. The van der Waals surface area contributed by atoms with Gasteiger partial charge in [0.25, 0.3) is 0 Å². The Morgan fingerprint density at radius 3 is 2.79 bits per heavy atom. The quantitative estimate of drug-likeness (QED) is 0.687. The van der Waals surface area contributed by atoms with Crippen LogP contribution in [0.4, 0.5) is 4.79 Å². The Morgan fingerprint density at radius 1 is 1.39 bits per heavy atom. The normalized spacial score (nSPS) is 17.7. The first-order valence-corrected chi connectivity index (χ1v) is 11.3. The van der Waals surface area contributed by atoms with Gasteiger partial charge in [0.2, 0.25) is 4.80 Å². The lowest BCUT2D eigenvalue weighted by atomic mass is 10.5. The van der Waals surface area contributed by atoms with Crippen LogP contribution < -0.4 is 20.0 Å². The number of hydrogen-bond acceptors (Lipinski definition) is 7. The summed E-state index contributed by atoms with van der Waals surface area (Å²) in [6.45, 7) is 2.55. The summed E-state index contributed by atoms with van der Waals surface area (Å²) in [5.74, 6) is 0. The molecule has 2 aliphatic carbocycles. The molecule has 0 aliphatic heterocycles. The van der Waals surface area contributed by atoms with Crippen molar-refractivity contribution < 1.29 is 17.9 Å². The van der Waals surface area contributed by atoms with E-state index >= 15 is 0 Å². The Bertz CT molecular complexity index is 1120. The number of thiazole rings is 1. The molecule has 2 heterocycles. The molecule has 28 heavy (non-hydrogen) atoms. The molecule has 11 nitrogen and oxygen atoms in total. The first-order chi connectivity index (χ1) is 13.4. The summed E-state index contributed by atoms with van der Waals surface area (Å²) in [5.41, 5.74) is -0.719. The maximum Gasteiger partial charge on any atom is 0.361 e. The van der Waals surface area contributed by atoms with Crippen LogP contribution in [0, 0.1) is 0 Å². The van der Waals surface area contributed by atoms with Crippen molar-refractivity contribution in [3.05, 3.63) is 26.9 Å². The second kappa shape index (κ2) is 7.20. The summed E-state index contributed by atoms with van der Waals surface area (Å²) in [6, 6.07) is -1.20. The van der Waals surface area contributed by atoms with Crippen molar-refractivity contribution in [1.82, 2.24) is 23.6 Å². The molecule has 2 aromatic heterocycles. The highest BCUT2D eigenvalue weighted by atomic mass is 32.2. The van der Waals surface area contributed by atoms with E-state index < -0.39 is 21.9 Å². The smallest absolute Gasteiger partial charge is 0.361 e.